The molecule has 2 rings (SSSR count). The fourth-order valence-electron chi connectivity index (χ4n) is 2.04. The molecule has 4 heteroatoms. The van der Waals surface area contributed by atoms with E-state index in [1.807, 2.05) is 12.1 Å². The molecule has 88 valence electrons. The molecule has 0 amide bonds. The summed E-state index contributed by atoms with van der Waals surface area (Å²) in [7, 11) is 1.68. The van der Waals surface area contributed by atoms with Gasteiger partial charge in [0.05, 0.1) is 13.2 Å². The van der Waals surface area contributed by atoms with Gasteiger partial charge in [-0.1, -0.05) is 0 Å². The van der Waals surface area contributed by atoms with E-state index in [1.165, 1.54) is 5.69 Å². The third-order valence-electron chi connectivity index (χ3n) is 3.07. The Bertz CT molecular complexity index is 318. The number of benzene rings is 1. The monoisotopic (exact) mass is 222 g/mol. The SMILES string of the molecule is COc1ccc(N2CCC(ON)CC2)cc1. The average molecular weight is 222 g/mol. The Morgan fingerprint density at radius 2 is 1.81 bits per heavy atom. The second-order valence-electron chi connectivity index (χ2n) is 4.02. The van der Waals surface area contributed by atoms with Crippen LogP contribution in [0.4, 0.5) is 5.69 Å². The number of hydrogen-bond acceptors (Lipinski definition) is 4. The van der Waals surface area contributed by atoms with E-state index >= 15 is 0 Å². The zero-order valence-electron chi connectivity index (χ0n) is 9.56. The van der Waals surface area contributed by atoms with Gasteiger partial charge in [0, 0.05) is 18.8 Å². The molecule has 0 bridgehead atoms. The molecule has 0 atom stereocenters. The van der Waals surface area contributed by atoms with Crippen molar-refractivity contribution >= 4 is 5.69 Å². The van der Waals surface area contributed by atoms with Crippen LogP contribution >= 0.6 is 0 Å². The smallest absolute Gasteiger partial charge is 0.119 e. The van der Waals surface area contributed by atoms with Crippen molar-refractivity contribution in [2.75, 3.05) is 25.1 Å². The van der Waals surface area contributed by atoms with E-state index in [9.17, 15) is 0 Å². The normalized spacial score (nSPS) is 17.5. The molecule has 4 nitrogen and oxygen atoms in total. The Kier molecular flexibility index (Phi) is 3.64. The zero-order chi connectivity index (χ0) is 11.4. The van der Waals surface area contributed by atoms with Crippen molar-refractivity contribution in [1.29, 1.82) is 0 Å². The molecule has 16 heavy (non-hydrogen) atoms. The van der Waals surface area contributed by atoms with Crippen molar-refractivity contribution in [1.82, 2.24) is 0 Å². The van der Waals surface area contributed by atoms with E-state index in [0.717, 1.165) is 31.7 Å². The zero-order valence-corrected chi connectivity index (χ0v) is 9.56. The van der Waals surface area contributed by atoms with E-state index in [1.54, 1.807) is 7.11 Å². The maximum absolute atomic E-state index is 5.19. The van der Waals surface area contributed by atoms with Gasteiger partial charge >= 0.3 is 0 Å². The lowest BCUT2D eigenvalue weighted by molar-refractivity contribution is 0.0367. The number of rotatable bonds is 3. The minimum absolute atomic E-state index is 0.217. The molecule has 2 N–H and O–H groups in total. The Balaban J connectivity index is 1.97. The highest BCUT2D eigenvalue weighted by Gasteiger charge is 2.19. The summed E-state index contributed by atoms with van der Waals surface area (Å²) in [6.45, 7) is 1.99. The van der Waals surface area contributed by atoms with Gasteiger partial charge < -0.3 is 14.5 Å². The minimum Gasteiger partial charge on any atom is -0.497 e. The highest BCUT2D eigenvalue weighted by atomic mass is 16.6. The van der Waals surface area contributed by atoms with Gasteiger partial charge in [-0.05, 0) is 37.1 Å². The summed E-state index contributed by atoms with van der Waals surface area (Å²) < 4.78 is 5.14. The summed E-state index contributed by atoms with van der Waals surface area (Å²) >= 11 is 0. The van der Waals surface area contributed by atoms with Gasteiger partial charge in [-0.25, -0.2) is 5.90 Å². The Morgan fingerprint density at radius 1 is 1.19 bits per heavy atom. The predicted octanol–water partition coefficient (Wildman–Crippen LogP) is 1.55. The molecule has 0 spiro atoms. The maximum atomic E-state index is 5.19. The van der Waals surface area contributed by atoms with Crippen molar-refractivity contribution < 1.29 is 9.57 Å². The average Bonchev–Trinajstić information content (AvgIpc) is 2.39. The largest absolute Gasteiger partial charge is 0.497 e. The van der Waals surface area contributed by atoms with Crippen LogP contribution in [0.1, 0.15) is 12.8 Å². The fraction of sp³-hybridized carbons (Fsp3) is 0.500. The summed E-state index contributed by atoms with van der Waals surface area (Å²) in [5.41, 5.74) is 1.23. The third kappa shape index (κ3) is 2.46. The molecule has 1 heterocycles. The maximum Gasteiger partial charge on any atom is 0.119 e. The topological polar surface area (TPSA) is 47.7 Å². The van der Waals surface area contributed by atoms with Crippen molar-refractivity contribution in [2.24, 2.45) is 5.90 Å². The minimum atomic E-state index is 0.217. The number of nitrogens with two attached hydrogens (primary N) is 1. The van der Waals surface area contributed by atoms with Crippen LogP contribution < -0.4 is 15.5 Å². The highest BCUT2D eigenvalue weighted by molar-refractivity contribution is 5.49. The van der Waals surface area contributed by atoms with Crippen LogP contribution in [0.15, 0.2) is 24.3 Å². The standard InChI is InChI=1S/C12H18N2O2/c1-15-11-4-2-10(3-5-11)14-8-6-12(16-13)7-9-14/h2-5,12H,6-9,13H2,1H3. The summed E-state index contributed by atoms with van der Waals surface area (Å²) in [5, 5.41) is 0. The first-order valence-corrected chi connectivity index (χ1v) is 5.58. The lowest BCUT2D eigenvalue weighted by atomic mass is 10.1. The number of hydrogen-bond donors (Lipinski definition) is 1. The van der Waals surface area contributed by atoms with E-state index < -0.39 is 0 Å². The van der Waals surface area contributed by atoms with Crippen LogP contribution in [0.3, 0.4) is 0 Å². The number of nitrogens with zero attached hydrogens (tertiary/aromatic N) is 1. The van der Waals surface area contributed by atoms with Crippen molar-refractivity contribution in [3.05, 3.63) is 24.3 Å². The molecule has 1 aliphatic heterocycles. The first-order valence-electron chi connectivity index (χ1n) is 5.58. The van der Waals surface area contributed by atoms with Gasteiger partial charge in [-0.15, -0.1) is 0 Å². The Labute approximate surface area is 95.9 Å². The molecule has 1 saturated heterocycles. The molecule has 1 aromatic carbocycles. The van der Waals surface area contributed by atoms with Crippen LogP contribution in [0.2, 0.25) is 0 Å². The summed E-state index contributed by atoms with van der Waals surface area (Å²) in [5.74, 6) is 6.08. The number of piperidine rings is 1. The third-order valence-corrected chi connectivity index (χ3v) is 3.07. The molecule has 1 aromatic rings. The lowest BCUT2D eigenvalue weighted by Gasteiger charge is -2.32. The van der Waals surface area contributed by atoms with Gasteiger partial charge in [0.25, 0.3) is 0 Å². The van der Waals surface area contributed by atoms with E-state index in [-0.39, 0.29) is 6.10 Å². The predicted molar refractivity (Wildman–Crippen MR) is 63.5 cm³/mol. The second-order valence-corrected chi connectivity index (χ2v) is 4.02. The van der Waals surface area contributed by atoms with Crippen molar-refractivity contribution in [3.8, 4) is 5.75 Å². The molecule has 1 aliphatic rings. The first kappa shape index (κ1) is 11.2. The second kappa shape index (κ2) is 5.18. The van der Waals surface area contributed by atoms with E-state index in [2.05, 4.69) is 17.0 Å². The number of methoxy groups -OCH3 is 1. The van der Waals surface area contributed by atoms with E-state index in [0.29, 0.717) is 0 Å². The highest BCUT2D eigenvalue weighted by Crippen LogP contribution is 2.23. The number of ether oxygens (including phenoxy) is 1. The fourth-order valence-corrected chi connectivity index (χ4v) is 2.04. The molecular formula is C12H18N2O2. The molecule has 0 aromatic heterocycles. The summed E-state index contributed by atoms with van der Waals surface area (Å²) in [6, 6.07) is 8.15. The molecule has 0 radical (unpaired) electrons. The molecular weight excluding hydrogens is 204 g/mol. The van der Waals surface area contributed by atoms with Gasteiger partial charge in [-0.3, -0.25) is 0 Å². The Morgan fingerprint density at radius 3 is 2.31 bits per heavy atom. The van der Waals surface area contributed by atoms with Crippen LogP contribution in [0.25, 0.3) is 0 Å². The summed E-state index contributed by atoms with van der Waals surface area (Å²) in [6.07, 6.45) is 2.19. The van der Waals surface area contributed by atoms with Crippen LogP contribution in [0.5, 0.6) is 5.75 Å². The van der Waals surface area contributed by atoms with Crippen molar-refractivity contribution in [2.45, 2.75) is 18.9 Å². The molecule has 1 fully saturated rings. The molecule has 0 saturated carbocycles. The van der Waals surface area contributed by atoms with Crippen LogP contribution in [0, 0.1) is 0 Å². The quantitative estimate of drug-likeness (QED) is 0.788. The van der Waals surface area contributed by atoms with Crippen LogP contribution in [-0.2, 0) is 4.84 Å². The van der Waals surface area contributed by atoms with Gasteiger partial charge in [0.2, 0.25) is 0 Å². The van der Waals surface area contributed by atoms with Gasteiger partial charge in [0.15, 0.2) is 0 Å². The van der Waals surface area contributed by atoms with E-state index in [4.69, 9.17) is 15.5 Å². The number of anilines is 1. The lowest BCUT2D eigenvalue weighted by Crippen LogP contribution is -2.37. The summed E-state index contributed by atoms with van der Waals surface area (Å²) in [4.78, 5) is 7.21. The van der Waals surface area contributed by atoms with Gasteiger partial charge in [-0.2, -0.15) is 0 Å². The van der Waals surface area contributed by atoms with Gasteiger partial charge in [0.1, 0.15) is 5.75 Å². The van der Waals surface area contributed by atoms with Crippen molar-refractivity contribution in [3.63, 3.8) is 0 Å². The molecule has 0 unspecified atom stereocenters. The first-order chi connectivity index (χ1) is 7.83. The molecule has 0 aliphatic carbocycles. The van der Waals surface area contributed by atoms with Crippen LogP contribution in [-0.4, -0.2) is 26.3 Å². The Hall–Kier alpha value is -1.26.